The Balaban J connectivity index is 2.38. The normalized spacial score (nSPS) is 12.2. The Morgan fingerprint density at radius 3 is 2.58 bits per heavy atom. The fourth-order valence-electron chi connectivity index (χ4n) is 1.61. The van der Waals surface area contributed by atoms with Crippen LogP contribution >= 0.6 is 0 Å². The number of hydrogen-bond acceptors (Lipinski definition) is 5. The van der Waals surface area contributed by atoms with E-state index in [4.69, 9.17) is 14.6 Å². The van der Waals surface area contributed by atoms with Gasteiger partial charge in [0.1, 0.15) is 5.75 Å². The number of ether oxygens (including phenoxy) is 2. The Kier molecular flexibility index (Phi) is 7.10. The molecule has 0 aliphatic carbocycles. The summed E-state index contributed by atoms with van der Waals surface area (Å²) in [7, 11) is 1.59. The summed E-state index contributed by atoms with van der Waals surface area (Å²) < 4.78 is 10.2. The van der Waals surface area contributed by atoms with Gasteiger partial charge in [0.2, 0.25) is 0 Å². The molecule has 0 spiro atoms. The van der Waals surface area contributed by atoms with E-state index in [-0.39, 0.29) is 18.4 Å². The van der Waals surface area contributed by atoms with Crippen molar-refractivity contribution in [3.8, 4) is 5.75 Å². The number of Topliss-reactive ketones (excluding diaryl/α,β-unsaturated/α-hetero) is 1. The molecule has 0 bridgehead atoms. The Morgan fingerprint density at radius 1 is 1.32 bits per heavy atom. The Morgan fingerprint density at radius 2 is 2.00 bits per heavy atom. The largest absolute Gasteiger partial charge is 0.497 e. The van der Waals surface area contributed by atoms with Crippen LogP contribution < -0.4 is 10.1 Å². The lowest BCUT2D eigenvalue weighted by molar-refractivity contribution is 0.0870. The minimum Gasteiger partial charge on any atom is -0.497 e. The van der Waals surface area contributed by atoms with Crippen LogP contribution in [0, 0.1) is 0 Å². The van der Waals surface area contributed by atoms with Crippen molar-refractivity contribution in [1.82, 2.24) is 5.32 Å². The third-order valence-corrected chi connectivity index (χ3v) is 2.70. The zero-order valence-electron chi connectivity index (χ0n) is 11.4. The molecule has 1 rings (SSSR count). The molecule has 0 aromatic heterocycles. The maximum Gasteiger partial charge on any atom is 0.179 e. The molecule has 0 saturated heterocycles. The van der Waals surface area contributed by atoms with Gasteiger partial charge in [0, 0.05) is 12.1 Å². The van der Waals surface area contributed by atoms with Crippen molar-refractivity contribution in [2.75, 3.05) is 33.5 Å². The Labute approximate surface area is 113 Å². The zero-order valence-corrected chi connectivity index (χ0v) is 11.4. The van der Waals surface area contributed by atoms with E-state index in [0.717, 1.165) is 5.75 Å². The van der Waals surface area contributed by atoms with E-state index in [2.05, 4.69) is 5.32 Å². The van der Waals surface area contributed by atoms with Gasteiger partial charge in [0.05, 0.1) is 33.0 Å². The molecule has 1 atom stereocenters. The molecule has 0 radical (unpaired) electrons. The highest BCUT2D eigenvalue weighted by Crippen LogP contribution is 2.12. The first kappa shape index (κ1) is 15.6. The first-order valence-corrected chi connectivity index (χ1v) is 6.29. The van der Waals surface area contributed by atoms with Crippen molar-refractivity contribution in [3.05, 3.63) is 29.8 Å². The Hall–Kier alpha value is -1.43. The molecule has 0 aliphatic heterocycles. The quantitative estimate of drug-likeness (QED) is 0.513. The van der Waals surface area contributed by atoms with Crippen LogP contribution in [-0.2, 0) is 4.74 Å². The van der Waals surface area contributed by atoms with Crippen molar-refractivity contribution >= 4 is 5.78 Å². The van der Waals surface area contributed by atoms with E-state index < -0.39 is 0 Å². The highest BCUT2D eigenvalue weighted by atomic mass is 16.5. The molecule has 1 aromatic carbocycles. The van der Waals surface area contributed by atoms with Gasteiger partial charge in [0.15, 0.2) is 5.78 Å². The van der Waals surface area contributed by atoms with Crippen molar-refractivity contribution < 1.29 is 19.4 Å². The monoisotopic (exact) mass is 267 g/mol. The van der Waals surface area contributed by atoms with E-state index in [1.807, 2.05) is 6.92 Å². The maximum absolute atomic E-state index is 12.1. The maximum atomic E-state index is 12.1. The first-order chi connectivity index (χ1) is 9.19. The molecule has 0 fully saturated rings. The molecule has 0 amide bonds. The standard InChI is InChI=1S/C14H21NO4/c1-11(15-7-9-19-10-8-16)14(17)12-3-5-13(18-2)6-4-12/h3-6,11,15-16H,7-10H2,1-2H3. The van der Waals surface area contributed by atoms with Gasteiger partial charge in [-0.25, -0.2) is 0 Å². The molecule has 5 nitrogen and oxygen atoms in total. The topological polar surface area (TPSA) is 67.8 Å². The van der Waals surface area contributed by atoms with Crippen molar-refractivity contribution in [1.29, 1.82) is 0 Å². The summed E-state index contributed by atoms with van der Waals surface area (Å²) >= 11 is 0. The number of carbonyl (C=O) groups is 1. The van der Waals surface area contributed by atoms with Crippen LogP contribution in [0.2, 0.25) is 0 Å². The minimum absolute atomic E-state index is 0.0142. The Bertz CT molecular complexity index is 378. The average molecular weight is 267 g/mol. The van der Waals surface area contributed by atoms with Gasteiger partial charge in [-0.1, -0.05) is 0 Å². The minimum atomic E-state index is -0.272. The molecule has 1 aromatic rings. The summed E-state index contributed by atoms with van der Waals surface area (Å²) in [5.74, 6) is 0.763. The number of carbonyl (C=O) groups excluding carboxylic acids is 1. The van der Waals surface area contributed by atoms with Gasteiger partial charge >= 0.3 is 0 Å². The van der Waals surface area contributed by atoms with Crippen molar-refractivity contribution in [2.24, 2.45) is 0 Å². The molecule has 0 saturated carbocycles. The number of methoxy groups -OCH3 is 1. The van der Waals surface area contributed by atoms with Crippen LogP contribution in [0.3, 0.4) is 0 Å². The zero-order chi connectivity index (χ0) is 14.1. The third kappa shape index (κ3) is 5.38. The second-order valence-electron chi connectivity index (χ2n) is 4.10. The van der Waals surface area contributed by atoms with Gasteiger partial charge in [-0.05, 0) is 31.2 Å². The number of aliphatic hydroxyl groups excluding tert-OH is 1. The summed E-state index contributed by atoms with van der Waals surface area (Å²) in [6, 6.07) is 6.77. The second-order valence-corrected chi connectivity index (χ2v) is 4.10. The first-order valence-electron chi connectivity index (χ1n) is 6.29. The molecule has 2 N–H and O–H groups in total. The highest BCUT2D eigenvalue weighted by Gasteiger charge is 2.14. The predicted molar refractivity (Wildman–Crippen MR) is 72.7 cm³/mol. The number of ketones is 1. The van der Waals surface area contributed by atoms with Gasteiger partial charge in [-0.2, -0.15) is 0 Å². The van der Waals surface area contributed by atoms with E-state index in [1.165, 1.54) is 0 Å². The van der Waals surface area contributed by atoms with E-state index >= 15 is 0 Å². The summed E-state index contributed by atoms with van der Waals surface area (Å²) in [4.78, 5) is 12.1. The lowest BCUT2D eigenvalue weighted by Gasteiger charge is -2.13. The number of aliphatic hydroxyl groups is 1. The van der Waals surface area contributed by atoms with Crippen LogP contribution in [0.15, 0.2) is 24.3 Å². The summed E-state index contributed by atoms with van der Waals surface area (Å²) in [5, 5.41) is 11.6. The van der Waals surface area contributed by atoms with Crippen LogP contribution in [0.25, 0.3) is 0 Å². The number of benzene rings is 1. The molecular weight excluding hydrogens is 246 g/mol. The number of nitrogens with one attached hydrogen (secondary N) is 1. The lowest BCUT2D eigenvalue weighted by Crippen LogP contribution is -2.36. The molecule has 106 valence electrons. The summed E-state index contributed by atoms with van der Waals surface area (Å²) in [6.07, 6.45) is 0. The van der Waals surface area contributed by atoms with E-state index in [1.54, 1.807) is 31.4 Å². The van der Waals surface area contributed by atoms with Gasteiger partial charge in [-0.15, -0.1) is 0 Å². The third-order valence-electron chi connectivity index (χ3n) is 2.70. The number of hydrogen-bond donors (Lipinski definition) is 2. The second kappa shape index (κ2) is 8.63. The van der Waals surface area contributed by atoms with Crippen LogP contribution in [0.4, 0.5) is 0 Å². The fourth-order valence-corrected chi connectivity index (χ4v) is 1.61. The molecule has 0 heterocycles. The molecule has 5 heteroatoms. The predicted octanol–water partition coefficient (Wildman–Crippen LogP) is 0.865. The van der Waals surface area contributed by atoms with Gasteiger partial charge < -0.3 is 19.9 Å². The molecule has 0 aliphatic rings. The highest BCUT2D eigenvalue weighted by molar-refractivity contribution is 5.99. The van der Waals surface area contributed by atoms with E-state index in [0.29, 0.717) is 25.3 Å². The smallest absolute Gasteiger partial charge is 0.179 e. The molecule has 19 heavy (non-hydrogen) atoms. The van der Waals surface area contributed by atoms with Crippen LogP contribution in [0.1, 0.15) is 17.3 Å². The van der Waals surface area contributed by atoms with Crippen LogP contribution in [-0.4, -0.2) is 50.4 Å². The SMILES string of the molecule is COc1ccc(C(=O)C(C)NCCOCCO)cc1. The van der Waals surface area contributed by atoms with Gasteiger partial charge in [-0.3, -0.25) is 4.79 Å². The average Bonchev–Trinajstić information content (AvgIpc) is 2.46. The fraction of sp³-hybridized carbons (Fsp3) is 0.500. The van der Waals surface area contributed by atoms with Crippen LogP contribution in [0.5, 0.6) is 5.75 Å². The molecule has 1 unspecified atom stereocenters. The van der Waals surface area contributed by atoms with E-state index in [9.17, 15) is 4.79 Å². The molecular formula is C14H21NO4. The summed E-state index contributed by atoms with van der Waals surface area (Å²) in [5.41, 5.74) is 0.650. The number of rotatable bonds is 9. The van der Waals surface area contributed by atoms with Crippen molar-refractivity contribution in [3.63, 3.8) is 0 Å². The van der Waals surface area contributed by atoms with Gasteiger partial charge in [0.25, 0.3) is 0 Å². The summed E-state index contributed by atoms with van der Waals surface area (Å²) in [6.45, 7) is 3.20. The lowest BCUT2D eigenvalue weighted by atomic mass is 10.1. The van der Waals surface area contributed by atoms with Crippen molar-refractivity contribution in [2.45, 2.75) is 13.0 Å².